The van der Waals surface area contributed by atoms with E-state index in [9.17, 15) is 14.4 Å². The average Bonchev–Trinajstić information content (AvgIpc) is 2.79. The van der Waals surface area contributed by atoms with Gasteiger partial charge in [-0.25, -0.2) is 0 Å². The molecule has 1 saturated heterocycles. The highest BCUT2D eigenvalue weighted by Gasteiger charge is 2.33. The van der Waals surface area contributed by atoms with E-state index < -0.39 is 0 Å². The molecule has 2 aliphatic heterocycles. The van der Waals surface area contributed by atoms with Gasteiger partial charge in [-0.1, -0.05) is 30.4 Å². The maximum atomic E-state index is 13.1. The average molecular weight is 442 g/mol. The van der Waals surface area contributed by atoms with Crippen LogP contribution in [-0.2, 0) is 20.9 Å². The van der Waals surface area contributed by atoms with Crippen molar-refractivity contribution in [1.82, 2.24) is 14.7 Å². The third kappa shape index (κ3) is 5.90. The van der Waals surface area contributed by atoms with Gasteiger partial charge in [0.15, 0.2) is 0 Å². The zero-order valence-corrected chi connectivity index (χ0v) is 19.5. The fourth-order valence-corrected chi connectivity index (χ4v) is 4.55. The summed E-state index contributed by atoms with van der Waals surface area (Å²) in [5.41, 5.74) is 0.879. The molecule has 0 spiro atoms. The summed E-state index contributed by atoms with van der Waals surface area (Å²) in [4.78, 5) is 43.4. The van der Waals surface area contributed by atoms with E-state index in [0.29, 0.717) is 51.5 Å². The second kappa shape index (κ2) is 11.2. The Hall–Kier alpha value is -2.83. The lowest BCUT2D eigenvalue weighted by molar-refractivity contribution is -0.141. The number of carbonyl (C=O) groups is 3. The molecular weight excluding hydrogens is 406 g/mol. The van der Waals surface area contributed by atoms with Gasteiger partial charge in [0.05, 0.1) is 0 Å². The highest BCUT2D eigenvalue weighted by molar-refractivity contribution is 5.84. The second-order valence-electron chi connectivity index (χ2n) is 8.54. The van der Waals surface area contributed by atoms with Crippen molar-refractivity contribution in [3.05, 3.63) is 42.0 Å². The van der Waals surface area contributed by atoms with E-state index >= 15 is 0 Å². The van der Waals surface area contributed by atoms with Gasteiger partial charge in [-0.3, -0.25) is 14.4 Å². The van der Waals surface area contributed by atoms with Crippen molar-refractivity contribution in [1.29, 1.82) is 0 Å². The molecular formula is C25H35N3O4. The van der Waals surface area contributed by atoms with Crippen LogP contribution in [0.4, 0.5) is 0 Å². The molecule has 2 bridgehead atoms. The van der Waals surface area contributed by atoms with Crippen molar-refractivity contribution >= 4 is 17.7 Å². The molecule has 0 aliphatic carbocycles. The highest BCUT2D eigenvalue weighted by atomic mass is 16.5. The van der Waals surface area contributed by atoms with E-state index in [-0.39, 0.29) is 36.1 Å². The molecule has 0 N–H and O–H groups in total. The Morgan fingerprint density at radius 3 is 2.62 bits per heavy atom. The van der Waals surface area contributed by atoms with Gasteiger partial charge >= 0.3 is 0 Å². The van der Waals surface area contributed by atoms with E-state index in [1.54, 1.807) is 4.90 Å². The Labute approximate surface area is 191 Å². The molecule has 7 heteroatoms. The maximum absolute atomic E-state index is 13.1. The summed E-state index contributed by atoms with van der Waals surface area (Å²) in [5, 5.41) is 0. The molecule has 2 aliphatic rings. The highest BCUT2D eigenvalue weighted by Crippen LogP contribution is 2.29. The third-order valence-electron chi connectivity index (χ3n) is 6.54. The van der Waals surface area contributed by atoms with E-state index in [4.69, 9.17) is 4.74 Å². The van der Waals surface area contributed by atoms with Crippen molar-refractivity contribution < 1.29 is 19.1 Å². The van der Waals surface area contributed by atoms with Crippen molar-refractivity contribution in [3.8, 4) is 5.75 Å². The van der Waals surface area contributed by atoms with Gasteiger partial charge in [0.1, 0.15) is 18.9 Å². The minimum absolute atomic E-state index is 0.0448. The topological polar surface area (TPSA) is 70.2 Å². The quantitative estimate of drug-likeness (QED) is 0.674. The Morgan fingerprint density at radius 2 is 1.91 bits per heavy atom. The van der Waals surface area contributed by atoms with Gasteiger partial charge in [0, 0.05) is 51.6 Å². The van der Waals surface area contributed by atoms with Crippen LogP contribution in [0.5, 0.6) is 5.75 Å². The molecule has 1 aromatic rings. The Balaban J connectivity index is 1.82. The van der Waals surface area contributed by atoms with Crippen LogP contribution in [0.3, 0.4) is 0 Å². The first-order valence-corrected chi connectivity index (χ1v) is 11.6. The summed E-state index contributed by atoms with van der Waals surface area (Å²) in [6.07, 6.45) is 5.35. The van der Waals surface area contributed by atoms with E-state index in [0.717, 1.165) is 12.0 Å². The smallest absolute Gasteiger partial charge is 0.242 e. The Morgan fingerprint density at radius 1 is 1.16 bits per heavy atom. The first kappa shape index (κ1) is 23.8. The number of fused-ring (bicyclic) bond motifs is 3. The normalized spacial score (nSPS) is 21.5. The molecule has 3 rings (SSSR count). The van der Waals surface area contributed by atoms with Gasteiger partial charge in [0.2, 0.25) is 17.7 Å². The lowest BCUT2D eigenvalue weighted by Crippen LogP contribution is -2.48. The van der Waals surface area contributed by atoms with E-state index in [1.165, 1.54) is 6.92 Å². The first-order chi connectivity index (χ1) is 15.4. The van der Waals surface area contributed by atoms with Gasteiger partial charge in [-0.05, 0) is 38.2 Å². The molecule has 1 aromatic carbocycles. The lowest BCUT2D eigenvalue weighted by Gasteiger charge is -2.38. The van der Waals surface area contributed by atoms with Crippen LogP contribution in [0.15, 0.2) is 36.4 Å². The Kier molecular flexibility index (Phi) is 8.31. The lowest BCUT2D eigenvalue weighted by atomic mass is 9.82. The molecule has 3 amide bonds. The number of carbonyl (C=O) groups excluding carboxylic acids is 3. The first-order valence-electron chi connectivity index (χ1n) is 11.6. The largest absolute Gasteiger partial charge is 0.489 e. The summed E-state index contributed by atoms with van der Waals surface area (Å²) >= 11 is 0. The summed E-state index contributed by atoms with van der Waals surface area (Å²) in [5.74, 6) is 0.958. The number of amides is 3. The number of piperidine rings is 1. The van der Waals surface area contributed by atoms with Gasteiger partial charge in [-0.15, -0.1) is 0 Å². The van der Waals surface area contributed by atoms with Crippen LogP contribution in [0, 0.1) is 11.8 Å². The zero-order chi connectivity index (χ0) is 23.1. The summed E-state index contributed by atoms with van der Waals surface area (Å²) in [6, 6.07) is 7.62. The summed E-state index contributed by atoms with van der Waals surface area (Å²) in [7, 11) is 0. The molecule has 0 radical (unpaired) electrons. The molecule has 1 fully saturated rings. The number of ether oxygens (including phenoxy) is 1. The predicted molar refractivity (Wildman–Crippen MR) is 123 cm³/mol. The maximum Gasteiger partial charge on any atom is 0.242 e. The van der Waals surface area contributed by atoms with Crippen LogP contribution >= 0.6 is 0 Å². The van der Waals surface area contributed by atoms with Crippen LogP contribution in [-0.4, -0.2) is 71.8 Å². The van der Waals surface area contributed by atoms with Gasteiger partial charge in [-0.2, -0.15) is 0 Å². The van der Waals surface area contributed by atoms with Crippen molar-refractivity contribution in [2.45, 2.75) is 40.2 Å². The number of hydrogen-bond acceptors (Lipinski definition) is 4. The third-order valence-corrected chi connectivity index (χ3v) is 6.54. The predicted octanol–water partition coefficient (Wildman–Crippen LogP) is 2.71. The van der Waals surface area contributed by atoms with Gasteiger partial charge in [0.25, 0.3) is 0 Å². The molecule has 0 saturated carbocycles. The molecule has 0 unspecified atom stereocenters. The molecule has 32 heavy (non-hydrogen) atoms. The van der Waals surface area contributed by atoms with Crippen LogP contribution < -0.4 is 4.74 Å². The molecule has 7 nitrogen and oxygen atoms in total. The number of para-hydroxylation sites is 1. The Bertz CT molecular complexity index is 849. The van der Waals surface area contributed by atoms with Crippen LogP contribution in [0.1, 0.15) is 39.2 Å². The summed E-state index contributed by atoms with van der Waals surface area (Å²) in [6.45, 7) is 8.85. The number of benzene rings is 1. The van der Waals surface area contributed by atoms with Crippen molar-refractivity contribution in [2.24, 2.45) is 11.8 Å². The minimum atomic E-state index is -0.141. The molecule has 174 valence electrons. The molecule has 2 atom stereocenters. The zero-order valence-electron chi connectivity index (χ0n) is 19.5. The van der Waals surface area contributed by atoms with E-state index in [2.05, 4.69) is 6.08 Å². The van der Waals surface area contributed by atoms with Crippen molar-refractivity contribution in [2.75, 3.05) is 39.3 Å². The second-order valence-corrected chi connectivity index (χ2v) is 8.54. The fraction of sp³-hybridized carbons (Fsp3) is 0.560. The SMILES string of the molecule is CCN(CC)C(=O)C[C@@H]1CCN2C[C@@H]1C=CCOc1ccccc1CN(C(C)=O)CC2=O. The number of hydrogen-bond donors (Lipinski definition) is 0. The van der Waals surface area contributed by atoms with Gasteiger partial charge < -0.3 is 19.4 Å². The minimum Gasteiger partial charge on any atom is -0.489 e. The molecule has 0 aromatic heterocycles. The number of nitrogens with zero attached hydrogens (tertiary/aromatic N) is 3. The van der Waals surface area contributed by atoms with Crippen LogP contribution in [0.2, 0.25) is 0 Å². The van der Waals surface area contributed by atoms with Crippen molar-refractivity contribution in [3.63, 3.8) is 0 Å². The number of rotatable bonds is 4. The monoisotopic (exact) mass is 441 g/mol. The van der Waals surface area contributed by atoms with Crippen LogP contribution in [0.25, 0.3) is 0 Å². The fourth-order valence-electron chi connectivity index (χ4n) is 4.55. The molecule has 2 heterocycles. The summed E-state index contributed by atoms with van der Waals surface area (Å²) < 4.78 is 5.98. The standard InChI is InChI=1S/C25H35N3O4/c1-4-26(5-2)24(30)15-20-12-13-27-16-21(20)10-8-14-32-23-11-7-6-9-22(23)17-28(19(3)29)18-25(27)31/h6-11,20-21H,4-5,12-18H2,1-3H3/t20-,21-/m0/s1. The van der Waals surface area contributed by atoms with E-state index in [1.807, 2.05) is 54.0 Å².